The van der Waals surface area contributed by atoms with Gasteiger partial charge >= 0.3 is 0 Å². The third-order valence-electron chi connectivity index (χ3n) is 5.71. The van der Waals surface area contributed by atoms with E-state index >= 15 is 0 Å². The molecule has 0 aliphatic rings. The predicted octanol–water partition coefficient (Wildman–Crippen LogP) is 6.64. The van der Waals surface area contributed by atoms with Crippen molar-refractivity contribution in [2.24, 2.45) is 0 Å². The summed E-state index contributed by atoms with van der Waals surface area (Å²) in [5, 5.41) is 0. The number of nitrogens with two attached hydrogens (primary N) is 1. The summed E-state index contributed by atoms with van der Waals surface area (Å²) in [4.78, 5) is 0. The minimum Gasteiger partial charge on any atom is -0.497 e. The summed E-state index contributed by atoms with van der Waals surface area (Å²) >= 11 is 0. The molecule has 0 atom stereocenters. The molecule has 0 radical (unpaired) electrons. The Kier molecular flexibility index (Phi) is 7.12. The standard InChI is InChI=1S/C23H35NO2Si/c1-16(2)27(17(3)4,18(5)6)26-15-19-8-13-23(24)22(14-19)20-9-11-21(25-7)12-10-20/h8-14,16-18H,15,24H2,1-7H3. The highest BCUT2D eigenvalue weighted by Crippen LogP contribution is 2.43. The first kappa shape index (κ1) is 21.5. The molecule has 0 bridgehead atoms. The first-order valence-electron chi connectivity index (χ1n) is 9.89. The molecule has 0 saturated carbocycles. The van der Waals surface area contributed by atoms with Crippen LogP contribution in [0.15, 0.2) is 42.5 Å². The fraction of sp³-hybridized carbons (Fsp3) is 0.478. The number of methoxy groups -OCH3 is 1. The average molecular weight is 386 g/mol. The summed E-state index contributed by atoms with van der Waals surface area (Å²) in [7, 11) is -0.205. The third-order valence-corrected chi connectivity index (χ3v) is 11.8. The lowest BCUT2D eigenvalue weighted by molar-refractivity contribution is 0.266. The van der Waals surface area contributed by atoms with Gasteiger partial charge in [-0.25, -0.2) is 0 Å². The van der Waals surface area contributed by atoms with E-state index in [2.05, 4.69) is 53.7 Å². The van der Waals surface area contributed by atoms with Gasteiger partial charge in [0.15, 0.2) is 0 Å². The second-order valence-corrected chi connectivity index (χ2v) is 13.7. The molecule has 0 spiro atoms. The van der Waals surface area contributed by atoms with Crippen molar-refractivity contribution < 1.29 is 9.16 Å². The second kappa shape index (κ2) is 8.94. The van der Waals surface area contributed by atoms with Gasteiger partial charge in [0.1, 0.15) is 5.75 Å². The molecular formula is C23H35NO2Si. The molecule has 27 heavy (non-hydrogen) atoms. The summed E-state index contributed by atoms with van der Waals surface area (Å²) in [6.45, 7) is 14.5. The van der Waals surface area contributed by atoms with Crippen molar-refractivity contribution in [2.75, 3.05) is 12.8 Å². The lowest BCUT2D eigenvalue weighted by Crippen LogP contribution is -2.47. The van der Waals surface area contributed by atoms with E-state index in [0.717, 1.165) is 22.6 Å². The molecule has 0 amide bonds. The van der Waals surface area contributed by atoms with E-state index in [4.69, 9.17) is 14.9 Å². The van der Waals surface area contributed by atoms with Gasteiger partial charge in [-0.2, -0.15) is 0 Å². The highest BCUT2D eigenvalue weighted by atomic mass is 28.4. The SMILES string of the molecule is COc1ccc(-c2cc(CO[Si](C(C)C)(C(C)C)C(C)C)ccc2N)cc1. The highest BCUT2D eigenvalue weighted by Gasteiger charge is 2.44. The molecule has 0 unspecified atom stereocenters. The van der Waals surface area contributed by atoms with Crippen molar-refractivity contribution >= 4 is 14.0 Å². The number of hydrogen-bond donors (Lipinski definition) is 1. The largest absolute Gasteiger partial charge is 0.497 e. The van der Waals surface area contributed by atoms with E-state index in [9.17, 15) is 0 Å². The Labute approximate surface area is 166 Å². The zero-order chi connectivity index (χ0) is 20.2. The molecule has 0 aliphatic carbocycles. The van der Waals surface area contributed by atoms with E-state index in [1.54, 1.807) is 7.11 Å². The monoisotopic (exact) mass is 385 g/mol. The van der Waals surface area contributed by atoms with Gasteiger partial charge in [-0.1, -0.05) is 59.7 Å². The van der Waals surface area contributed by atoms with Crippen LogP contribution in [0.25, 0.3) is 11.1 Å². The molecule has 0 fully saturated rings. The average Bonchev–Trinajstić information content (AvgIpc) is 2.62. The summed E-state index contributed by atoms with van der Waals surface area (Å²) in [6.07, 6.45) is 0. The van der Waals surface area contributed by atoms with Gasteiger partial charge < -0.3 is 14.9 Å². The lowest BCUT2D eigenvalue weighted by Gasteiger charge is -2.42. The smallest absolute Gasteiger partial charge is 0.200 e. The van der Waals surface area contributed by atoms with Crippen LogP contribution >= 0.6 is 0 Å². The second-order valence-electron chi connectivity index (χ2n) is 8.26. The topological polar surface area (TPSA) is 44.5 Å². The van der Waals surface area contributed by atoms with Crippen LogP contribution in [0.1, 0.15) is 47.1 Å². The Morgan fingerprint density at radius 3 is 1.89 bits per heavy atom. The lowest BCUT2D eigenvalue weighted by atomic mass is 10.0. The van der Waals surface area contributed by atoms with Gasteiger partial charge in [0.25, 0.3) is 0 Å². The van der Waals surface area contributed by atoms with E-state index in [1.165, 1.54) is 5.56 Å². The summed E-state index contributed by atoms with van der Waals surface area (Å²) in [5.41, 5.74) is 12.1. The Bertz CT molecular complexity index is 717. The van der Waals surface area contributed by atoms with Gasteiger partial charge in [0.2, 0.25) is 8.32 Å². The summed E-state index contributed by atoms with van der Waals surface area (Å²) in [6, 6.07) is 14.3. The maximum atomic E-state index is 6.75. The van der Waals surface area contributed by atoms with Crippen LogP contribution in [-0.4, -0.2) is 15.4 Å². The molecule has 2 aromatic carbocycles. The summed E-state index contributed by atoms with van der Waals surface area (Å²) < 4.78 is 12.0. The van der Waals surface area contributed by atoms with Crippen LogP contribution in [0.2, 0.25) is 16.6 Å². The van der Waals surface area contributed by atoms with Crippen molar-refractivity contribution in [3.05, 3.63) is 48.0 Å². The fourth-order valence-corrected chi connectivity index (χ4v) is 9.84. The number of rotatable bonds is 8. The van der Waals surface area contributed by atoms with Crippen LogP contribution in [0.4, 0.5) is 5.69 Å². The zero-order valence-corrected chi connectivity index (χ0v) is 18.9. The quantitative estimate of drug-likeness (QED) is 0.409. The molecule has 0 aliphatic heterocycles. The Balaban J connectivity index is 2.29. The normalized spacial score (nSPS) is 12.2. The first-order chi connectivity index (χ1) is 12.7. The third kappa shape index (κ3) is 4.56. The van der Waals surface area contributed by atoms with Crippen molar-refractivity contribution in [3.63, 3.8) is 0 Å². The number of benzene rings is 2. The molecule has 2 aromatic rings. The van der Waals surface area contributed by atoms with E-state index < -0.39 is 8.32 Å². The van der Waals surface area contributed by atoms with Gasteiger partial charge in [-0.05, 0) is 52.0 Å². The molecule has 2 N–H and O–H groups in total. The van der Waals surface area contributed by atoms with Crippen LogP contribution in [-0.2, 0) is 11.0 Å². The van der Waals surface area contributed by atoms with Crippen LogP contribution in [0, 0.1) is 0 Å². The molecule has 0 heterocycles. The maximum absolute atomic E-state index is 6.75. The number of nitrogen functional groups attached to an aromatic ring is 1. The molecule has 4 heteroatoms. The minimum atomic E-state index is -1.88. The van der Waals surface area contributed by atoms with Crippen LogP contribution < -0.4 is 10.5 Å². The van der Waals surface area contributed by atoms with Crippen molar-refractivity contribution in [1.29, 1.82) is 0 Å². The van der Waals surface area contributed by atoms with E-state index in [0.29, 0.717) is 23.2 Å². The first-order valence-corrected chi connectivity index (χ1v) is 12.0. The Morgan fingerprint density at radius 1 is 0.852 bits per heavy atom. The number of ether oxygens (including phenoxy) is 1. The summed E-state index contributed by atoms with van der Waals surface area (Å²) in [5.74, 6) is 0.846. The predicted molar refractivity (Wildman–Crippen MR) is 119 cm³/mol. The zero-order valence-electron chi connectivity index (χ0n) is 17.9. The van der Waals surface area contributed by atoms with Gasteiger partial charge in [-0.3, -0.25) is 0 Å². The van der Waals surface area contributed by atoms with Gasteiger partial charge in [0.05, 0.1) is 13.7 Å². The fourth-order valence-electron chi connectivity index (χ4n) is 4.42. The van der Waals surface area contributed by atoms with E-state index in [-0.39, 0.29) is 0 Å². The van der Waals surface area contributed by atoms with Crippen LogP contribution in [0.3, 0.4) is 0 Å². The minimum absolute atomic E-state index is 0.576. The number of hydrogen-bond acceptors (Lipinski definition) is 3. The molecule has 2 rings (SSSR count). The van der Waals surface area contributed by atoms with Crippen molar-refractivity contribution in [1.82, 2.24) is 0 Å². The molecule has 148 valence electrons. The van der Waals surface area contributed by atoms with E-state index in [1.807, 2.05) is 30.3 Å². The van der Waals surface area contributed by atoms with Crippen molar-refractivity contribution in [2.45, 2.75) is 64.8 Å². The molecule has 3 nitrogen and oxygen atoms in total. The number of anilines is 1. The van der Waals surface area contributed by atoms with Gasteiger partial charge in [0, 0.05) is 11.3 Å². The highest BCUT2D eigenvalue weighted by molar-refractivity contribution is 6.77. The maximum Gasteiger partial charge on any atom is 0.200 e. The Morgan fingerprint density at radius 2 is 1.41 bits per heavy atom. The molecule has 0 saturated heterocycles. The molecular weight excluding hydrogens is 350 g/mol. The van der Waals surface area contributed by atoms with Crippen molar-refractivity contribution in [3.8, 4) is 16.9 Å². The van der Waals surface area contributed by atoms with Gasteiger partial charge in [-0.15, -0.1) is 0 Å². The Hall–Kier alpha value is -1.78. The molecule has 0 aromatic heterocycles. The van der Waals surface area contributed by atoms with Crippen LogP contribution in [0.5, 0.6) is 5.75 Å².